The molecule has 0 saturated carbocycles. The Bertz CT molecular complexity index is 540. The largest absolute Gasteiger partial charge is 0.490 e. The summed E-state index contributed by atoms with van der Waals surface area (Å²) in [4.78, 5) is 0. The van der Waals surface area contributed by atoms with Gasteiger partial charge in [-0.1, -0.05) is 31.2 Å². The van der Waals surface area contributed by atoms with Crippen molar-refractivity contribution in [3.05, 3.63) is 54.1 Å². The number of ether oxygens (including phenoxy) is 2. The first-order chi connectivity index (χ1) is 9.83. The van der Waals surface area contributed by atoms with Gasteiger partial charge in [-0.15, -0.1) is 0 Å². The summed E-state index contributed by atoms with van der Waals surface area (Å²) in [6, 6.07) is 15.8. The first kappa shape index (κ1) is 14.4. The topological polar surface area (TPSA) is 30.5 Å². The second kappa shape index (κ2) is 7.56. The van der Waals surface area contributed by atoms with Crippen LogP contribution in [-0.2, 0) is 6.54 Å². The molecule has 0 unspecified atom stereocenters. The van der Waals surface area contributed by atoms with Crippen LogP contribution in [0.1, 0.15) is 19.4 Å². The molecular weight excluding hydrogens is 250 g/mol. The van der Waals surface area contributed by atoms with Crippen LogP contribution in [0.2, 0.25) is 0 Å². The quantitative estimate of drug-likeness (QED) is 0.826. The molecule has 0 aliphatic heterocycles. The molecule has 0 aromatic heterocycles. The van der Waals surface area contributed by atoms with E-state index in [1.54, 1.807) is 0 Å². The SMILES string of the molecule is CCNCc1cccc(Oc2ccccc2OCC)c1. The summed E-state index contributed by atoms with van der Waals surface area (Å²) in [5.41, 5.74) is 1.21. The Balaban J connectivity index is 2.13. The Hall–Kier alpha value is -2.00. The maximum absolute atomic E-state index is 5.93. The van der Waals surface area contributed by atoms with Gasteiger partial charge in [-0.2, -0.15) is 0 Å². The van der Waals surface area contributed by atoms with Gasteiger partial charge < -0.3 is 14.8 Å². The zero-order valence-corrected chi connectivity index (χ0v) is 12.1. The van der Waals surface area contributed by atoms with E-state index in [1.807, 2.05) is 49.4 Å². The van der Waals surface area contributed by atoms with Gasteiger partial charge in [-0.05, 0) is 43.3 Å². The van der Waals surface area contributed by atoms with Crippen LogP contribution in [0.3, 0.4) is 0 Å². The highest BCUT2D eigenvalue weighted by Crippen LogP contribution is 2.31. The molecule has 0 radical (unpaired) electrons. The van der Waals surface area contributed by atoms with Gasteiger partial charge in [0.05, 0.1) is 6.61 Å². The third kappa shape index (κ3) is 4.00. The molecule has 0 bridgehead atoms. The standard InChI is InChI=1S/C17H21NO2/c1-3-18-13-14-8-7-9-15(12-14)20-17-11-6-5-10-16(17)19-4-2/h5-12,18H,3-4,13H2,1-2H3. The maximum atomic E-state index is 5.93. The first-order valence-corrected chi connectivity index (χ1v) is 7.02. The van der Waals surface area contributed by atoms with E-state index in [-0.39, 0.29) is 0 Å². The lowest BCUT2D eigenvalue weighted by Crippen LogP contribution is -2.11. The van der Waals surface area contributed by atoms with Gasteiger partial charge in [0, 0.05) is 6.54 Å². The normalized spacial score (nSPS) is 10.3. The van der Waals surface area contributed by atoms with Gasteiger partial charge in [0.15, 0.2) is 11.5 Å². The average molecular weight is 271 g/mol. The zero-order chi connectivity index (χ0) is 14.2. The summed E-state index contributed by atoms with van der Waals surface area (Å²) < 4.78 is 11.5. The zero-order valence-electron chi connectivity index (χ0n) is 12.1. The van der Waals surface area contributed by atoms with Gasteiger partial charge in [0.25, 0.3) is 0 Å². The lowest BCUT2D eigenvalue weighted by molar-refractivity contribution is 0.321. The Morgan fingerprint density at radius 2 is 1.75 bits per heavy atom. The molecule has 0 amide bonds. The Morgan fingerprint density at radius 3 is 2.50 bits per heavy atom. The Labute approximate surface area is 120 Å². The van der Waals surface area contributed by atoms with Crippen LogP contribution in [0.4, 0.5) is 0 Å². The molecule has 0 heterocycles. The van der Waals surface area contributed by atoms with Gasteiger partial charge in [-0.3, -0.25) is 0 Å². The first-order valence-electron chi connectivity index (χ1n) is 7.02. The Morgan fingerprint density at radius 1 is 0.950 bits per heavy atom. The average Bonchev–Trinajstić information content (AvgIpc) is 2.48. The molecular formula is C17H21NO2. The molecule has 0 atom stereocenters. The maximum Gasteiger partial charge on any atom is 0.169 e. The molecule has 1 N–H and O–H groups in total. The van der Waals surface area contributed by atoms with E-state index in [0.717, 1.165) is 30.3 Å². The molecule has 20 heavy (non-hydrogen) atoms. The van der Waals surface area contributed by atoms with Crippen molar-refractivity contribution in [2.45, 2.75) is 20.4 Å². The number of para-hydroxylation sites is 2. The van der Waals surface area contributed by atoms with E-state index >= 15 is 0 Å². The van der Waals surface area contributed by atoms with Crippen molar-refractivity contribution in [2.75, 3.05) is 13.2 Å². The fourth-order valence-electron chi connectivity index (χ4n) is 1.92. The minimum absolute atomic E-state index is 0.626. The van der Waals surface area contributed by atoms with Gasteiger partial charge in [0.1, 0.15) is 5.75 Å². The lowest BCUT2D eigenvalue weighted by Gasteiger charge is -2.12. The summed E-state index contributed by atoms with van der Waals surface area (Å²) in [5, 5.41) is 3.31. The fourth-order valence-corrected chi connectivity index (χ4v) is 1.92. The summed E-state index contributed by atoms with van der Waals surface area (Å²) in [6.07, 6.45) is 0. The second-order valence-electron chi connectivity index (χ2n) is 4.41. The third-order valence-electron chi connectivity index (χ3n) is 2.85. The fraction of sp³-hybridized carbons (Fsp3) is 0.294. The van der Waals surface area contributed by atoms with E-state index < -0.39 is 0 Å². The number of nitrogens with one attached hydrogen (secondary N) is 1. The molecule has 3 heteroatoms. The summed E-state index contributed by atoms with van der Waals surface area (Å²) in [5.74, 6) is 2.34. The smallest absolute Gasteiger partial charge is 0.169 e. The van der Waals surface area contributed by atoms with Crippen LogP contribution < -0.4 is 14.8 Å². The predicted molar refractivity (Wildman–Crippen MR) is 81.5 cm³/mol. The van der Waals surface area contributed by atoms with Crippen LogP contribution in [0.5, 0.6) is 17.2 Å². The molecule has 3 nitrogen and oxygen atoms in total. The van der Waals surface area contributed by atoms with Crippen LogP contribution in [0.25, 0.3) is 0 Å². The molecule has 0 fully saturated rings. The molecule has 0 saturated heterocycles. The van der Waals surface area contributed by atoms with E-state index in [0.29, 0.717) is 6.61 Å². The van der Waals surface area contributed by atoms with Crippen molar-refractivity contribution < 1.29 is 9.47 Å². The van der Waals surface area contributed by atoms with Crippen LogP contribution in [0.15, 0.2) is 48.5 Å². The summed E-state index contributed by atoms with van der Waals surface area (Å²) in [6.45, 7) is 6.49. The van der Waals surface area contributed by atoms with E-state index in [9.17, 15) is 0 Å². The lowest BCUT2D eigenvalue weighted by atomic mass is 10.2. The third-order valence-corrected chi connectivity index (χ3v) is 2.85. The number of rotatable bonds is 7. The van der Waals surface area contributed by atoms with Crippen molar-refractivity contribution in [1.82, 2.24) is 5.32 Å². The van der Waals surface area contributed by atoms with Gasteiger partial charge in [-0.25, -0.2) is 0 Å². The minimum Gasteiger partial charge on any atom is -0.490 e. The monoisotopic (exact) mass is 271 g/mol. The predicted octanol–water partition coefficient (Wildman–Crippen LogP) is 3.99. The van der Waals surface area contributed by atoms with Crippen LogP contribution in [-0.4, -0.2) is 13.2 Å². The van der Waals surface area contributed by atoms with Crippen LogP contribution >= 0.6 is 0 Å². The number of hydrogen-bond acceptors (Lipinski definition) is 3. The summed E-state index contributed by atoms with van der Waals surface area (Å²) >= 11 is 0. The van der Waals surface area contributed by atoms with E-state index in [1.165, 1.54) is 5.56 Å². The highest BCUT2D eigenvalue weighted by molar-refractivity contribution is 5.43. The molecule has 2 rings (SSSR count). The van der Waals surface area contributed by atoms with Crippen molar-refractivity contribution in [3.63, 3.8) is 0 Å². The minimum atomic E-state index is 0.626. The molecule has 2 aromatic carbocycles. The summed E-state index contributed by atoms with van der Waals surface area (Å²) in [7, 11) is 0. The van der Waals surface area contributed by atoms with Gasteiger partial charge in [0.2, 0.25) is 0 Å². The highest BCUT2D eigenvalue weighted by Gasteiger charge is 2.05. The van der Waals surface area contributed by atoms with Crippen molar-refractivity contribution >= 4 is 0 Å². The molecule has 2 aromatic rings. The van der Waals surface area contributed by atoms with Crippen LogP contribution in [0, 0.1) is 0 Å². The van der Waals surface area contributed by atoms with Crippen molar-refractivity contribution in [3.8, 4) is 17.2 Å². The number of benzene rings is 2. The van der Waals surface area contributed by atoms with Gasteiger partial charge >= 0.3 is 0 Å². The molecule has 106 valence electrons. The Kier molecular flexibility index (Phi) is 5.44. The van der Waals surface area contributed by atoms with E-state index in [4.69, 9.17) is 9.47 Å². The van der Waals surface area contributed by atoms with Crippen molar-refractivity contribution in [1.29, 1.82) is 0 Å². The van der Waals surface area contributed by atoms with E-state index in [2.05, 4.69) is 18.3 Å². The molecule has 0 aliphatic rings. The number of hydrogen-bond donors (Lipinski definition) is 1. The van der Waals surface area contributed by atoms with Crippen molar-refractivity contribution in [2.24, 2.45) is 0 Å². The highest BCUT2D eigenvalue weighted by atomic mass is 16.5. The molecule has 0 aliphatic carbocycles. The second-order valence-corrected chi connectivity index (χ2v) is 4.41. The molecule has 0 spiro atoms.